The van der Waals surface area contributed by atoms with Crippen molar-refractivity contribution in [2.24, 2.45) is 23.2 Å². The van der Waals surface area contributed by atoms with Crippen LogP contribution in [0.3, 0.4) is 0 Å². The second-order valence-corrected chi connectivity index (χ2v) is 9.66. The van der Waals surface area contributed by atoms with Gasteiger partial charge in [0.05, 0.1) is 0 Å². The summed E-state index contributed by atoms with van der Waals surface area (Å²) in [6.07, 6.45) is 8.41. The van der Waals surface area contributed by atoms with Crippen LogP contribution >= 0.6 is 0 Å². The molecule has 2 amide bonds. The number of hydrogen-bond acceptors (Lipinski definition) is 3. The molecule has 1 aromatic carbocycles. The molecular weight excluding hydrogens is 362 g/mol. The van der Waals surface area contributed by atoms with Crippen molar-refractivity contribution in [1.29, 1.82) is 0 Å². The number of hydrogen-bond donors (Lipinski definition) is 3. The average Bonchev–Trinajstić information content (AvgIpc) is 2.70. The zero-order chi connectivity index (χ0) is 20.3. The van der Waals surface area contributed by atoms with Gasteiger partial charge in [-0.05, 0) is 81.9 Å². The molecule has 29 heavy (non-hydrogen) atoms. The SMILES string of the molecule is CNCCCNC(=O)C(Cc1ccccc1)NC(=O)C12CC3CC(CC(C3)C1)C2. The predicted molar refractivity (Wildman–Crippen MR) is 114 cm³/mol. The van der Waals surface area contributed by atoms with Gasteiger partial charge in [0.25, 0.3) is 0 Å². The van der Waals surface area contributed by atoms with E-state index in [0.717, 1.165) is 55.5 Å². The summed E-state index contributed by atoms with van der Waals surface area (Å²) in [6, 6.07) is 9.49. The van der Waals surface area contributed by atoms with Crippen LogP contribution in [0.1, 0.15) is 50.5 Å². The van der Waals surface area contributed by atoms with E-state index < -0.39 is 6.04 Å². The Morgan fingerprint density at radius 2 is 1.62 bits per heavy atom. The van der Waals surface area contributed by atoms with Gasteiger partial charge in [-0.1, -0.05) is 30.3 Å². The molecule has 4 aliphatic carbocycles. The predicted octanol–water partition coefficient (Wildman–Crippen LogP) is 2.66. The summed E-state index contributed by atoms with van der Waals surface area (Å²) < 4.78 is 0. The van der Waals surface area contributed by atoms with Crippen molar-refractivity contribution in [2.45, 2.75) is 57.4 Å². The largest absolute Gasteiger partial charge is 0.354 e. The number of carbonyl (C=O) groups is 2. The third-order valence-corrected chi connectivity index (χ3v) is 7.33. The molecule has 4 bridgehead atoms. The van der Waals surface area contributed by atoms with Crippen LogP contribution in [0.4, 0.5) is 0 Å². The molecular formula is C24H35N3O2. The number of amides is 2. The highest BCUT2D eigenvalue weighted by atomic mass is 16.2. The fraction of sp³-hybridized carbons (Fsp3) is 0.667. The summed E-state index contributed by atoms with van der Waals surface area (Å²) in [5.74, 6) is 2.21. The van der Waals surface area contributed by atoms with Crippen molar-refractivity contribution in [3.63, 3.8) is 0 Å². The van der Waals surface area contributed by atoms with E-state index in [4.69, 9.17) is 0 Å². The minimum atomic E-state index is -0.507. The molecule has 1 atom stereocenters. The molecule has 4 aliphatic rings. The van der Waals surface area contributed by atoms with Gasteiger partial charge in [-0.2, -0.15) is 0 Å². The first-order valence-electron chi connectivity index (χ1n) is 11.4. The van der Waals surface area contributed by atoms with Crippen molar-refractivity contribution in [3.8, 4) is 0 Å². The normalized spacial score (nSPS) is 30.7. The molecule has 0 spiro atoms. The van der Waals surface area contributed by atoms with E-state index in [1.54, 1.807) is 0 Å². The number of rotatable bonds is 9. The highest BCUT2D eigenvalue weighted by Crippen LogP contribution is 2.60. The Bertz CT molecular complexity index is 683. The van der Waals surface area contributed by atoms with Crippen LogP contribution in [-0.2, 0) is 16.0 Å². The van der Waals surface area contributed by atoms with E-state index in [1.807, 2.05) is 37.4 Å². The maximum absolute atomic E-state index is 13.5. The van der Waals surface area contributed by atoms with Crippen LogP contribution in [0, 0.1) is 23.2 Å². The smallest absolute Gasteiger partial charge is 0.242 e. The van der Waals surface area contributed by atoms with Crippen molar-refractivity contribution in [2.75, 3.05) is 20.1 Å². The maximum Gasteiger partial charge on any atom is 0.242 e. The van der Waals surface area contributed by atoms with Crippen LogP contribution in [0.25, 0.3) is 0 Å². The van der Waals surface area contributed by atoms with Crippen LogP contribution in [0.5, 0.6) is 0 Å². The molecule has 0 radical (unpaired) electrons. The Morgan fingerprint density at radius 3 is 2.21 bits per heavy atom. The standard InChI is InChI=1S/C24H35N3O2/c1-25-8-5-9-26-22(28)21(13-17-6-3-2-4-7-17)27-23(29)24-14-18-10-19(15-24)12-20(11-18)16-24/h2-4,6-7,18-21,25H,5,8-16H2,1H3,(H,26,28)(H,27,29). The monoisotopic (exact) mass is 397 g/mol. The van der Waals surface area contributed by atoms with Crippen molar-refractivity contribution >= 4 is 11.8 Å². The molecule has 0 aliphatic heterocycles. The number of benzene rings is 1. The summed E-state index contributed by atoms with van der Waals surface area (Å²) >= 11 is 0. The third kappa shape index (κ3) is 4.66. The molecule has 5 heteroatoms. The lowest BCUT2D eigenvalue weighted by Gasteiger charge is -2.55. The lowest BCUT2D eigenvalue weighted by Crippen LogP contribution is -2.57. The average molecular weight is 398 g/mol. The summed E-state index contributed by atoms with van der Waals surface area (Å²) in [4.78, 5) is 26.4. The Labute approximate surface area is 174 Å². The summed E-state index contributed by atoms with van der Waals surface area (Å²) in [6.45, 7) is 1.49. The second-order valence-electron chi connectivity index (χ2n) is 9.66. The van der Waals surface area contributed by atoms with Crippen LogP contribution in [-0.4, -0.2) is 38.0 Å². The lowest BCUT2D eigenvalue weighted by atomic mass is 9.49. The first-order valence-corrected chi connectivity index (χ1v) is 11.4. The molecule has 1 aromatic rings. The fourth-order valence-corrected chi connectivity index (χ4v) is 6.36. The molecule has 5 rings (SSSR count). The molecule has 1 unspecified atom stereocenters. The summed E-state index contributed by atoms with van der Waals surface area (Å²) in [7, 11) is 1.91. The lowest BCUT2D eigenvalue weighted by molar-refractivity contribution is -0.148. The first-order chi connectivity index (χ1) is 14.1. The molecule has 3 N–H and O–H groups in total. The van der Waals surface area contributed by atoms with Gasteiger partial charge in [0.15, 0.2) is 0 Å². The van der Waals surface area contributed by atoms with Gasteiger partial charge in [-0.15, -0.1) is 0 Å². The van der Waals surface area contributed by atoms with E-state index in [-0.39, 0.29) is 17.2 Å². The van der Waals surface area contributed by atoms with E-state index in [1.165, 1.54) is 19.3 Å². The summed E-state index contributed by atoms with van der Waals surface area (Å²) in [5.41, 5.74) is 0.851. The molecule has 0 heterocycles. The van der Waals surface area contributed by atoms with Crippen molar-refractivity contribution < 1.29 is 9.59 Å². The Hall–Kier alpha value is -1.88. The van der Waals surface area contributed by atoms with Gasteiger partial charge in [0.2, 0.25) is 11.8 Å². The van der Waals surface area contributed by atoms with E-state index in [9.17, 15) is 9.59 Å². The minimum Gasteiger partial charge on any atom is -0.354 e. The molecule has 158 valence electrons. The Morgan fingerprint density at radius 1 is 1.00 bits per heavy atom. The number of nitrogens with one attached hydrogen (secondary N) is 3. The zero-order valence-electron chi connectivity index (χ0n) is 17.6. The topological polar surface area (TPSA) is 70.2 Å². The van der Waals surface area contributed by atoms with Crippen molar-refractivity contribution in [1.82, 2.24) is 16.0 Å². The Balaban J connectivity index is 1.44. The van der Waals surface area contributed by atoms with Gasteiger partial charge in [-0.3, -0.25) is 9.59 Å². The van der Waals surface area contributed by atoms with E-state index in [0.29, 0.717) is 13.0 Å². The quantitative estimate of drug-likeness (QED) is 0.561. The first kappa shape index (κ1) is 20.4. The van der Waals surface area contributed by atoms with Gasteiger partial charge in [0.1, 0.15) is 6.04 Å². The molecule has 4 saturated carbocycles. The molecule has 0 saturated heterocycles. The van der Waals surface area contributed by atoms with E-state index in [2.05, 4.69) is 16.0 Å². The minimum absolute atomic E-state index is 0.0666. The maximum atomic E-state index is 13.5. The molecule has 5 nitrogen and oxygen atoms in total. The molecule has 4 fully saturated rings. The zero-order valence-corrected chi connectivity index (χ0v) is 17.6. The van der Waals surface area contributed by atoms with Crippen LogP contribution < -0.4 is 16.0 Å². The van der Waals surface area contributed by atoms with Gasteiger partial charge < -0.3 is 16.0 Å². The second kappa shape index (κ2) is 8.86. The fourth-order valence-electron chi connectivity index (χ4n) is 6.36. The van der Waals surface area contributed by atoms with Gasteiger partial charge in [-0.25, -0.2) is 0 Å². The van der Waals surface area contributed by atoms with Gasteiger partial charge in [0, 0.05) is 18.4 Å². The Kier molecular flexibility index (Phi) is 6.23. The number of carbonyl (C=O) groups excluding carboxylic acids is 2. The summed E-state index contributed by atoms with van der Waals surface area (Å²) in [5, 5.41) is 9.32. The molecule has 0 aromatic heterocycles. The van der Waals surface area contributed by atoms with Gasteiger partial charge >= 0.3 is 0 Å². The van der Waals surface area contributed by atoms with Crippen LogP contribution in [0.2, 0.25) is 0 Å². The third-order valence-electron chi connectivity index (χ3n) is 7.33. The highest BCUT2D eigenvalue weighted by Gasteiger charge is 2.54. The van der Waals surface area contributed by atoms with Crippen molar-refractivity contribution in [3.05, 3.63) is 35.9 Å². The highest BCUT2D eigenvalue weighted by molar-refractivity contribution is 5.90. The van der Waals surface area contributed by atoms with E-state index >= 15 is 0 Å². The van der Waals surface area contributed by atoms with Crippen LogP contribution in [0.15, 0.2) is 30.3 Å².